The molecule has 6 nitrogen and oxygen atoms in total. The SMILES string of the molecule is O=C(NCCNc1cnn(-c2ccc(Cl)cc2Cl)c(=O)c1Cl)C1CC1. The zero-order valence-electron chi connectivity index (χ0n) is 13.1. The predicted octanol–water partition coefficient (Wildman–Crippen LogP) is 3.13. The summed E-state index contributed by atoms with van der Waals surface area (Å²) in [7, 11) is 0. The Morgan fingerprint density at radius 2 is 2.00 bits per heavy atom. The van der Waals surface area contributed by atoms with Crippen LogP contribution in [0.5, 0.6) is 0 Å². The fourth-order valence-corrected chi connectivity index (χ4v) is 2.94. The lowest BCUT2D eigenvalue weighted by Gasteiger charge is -2.11. The zero-order chi connectivity index (χ0) is 18.0. The molecule has 0 radical (unpaired) electrons. The van der Waals surface area contributed by atoms with Gasteiger partial charge in [0.05, 0.1) is 22.6 Å². The van der Waals surface area contributed by atoms with Gasteiger partial charge in [-0.15, -0.1) is 0 Å². The smallest absolute Gasteiger partial charge is 0.292 e. The number of benzene rings is 1. The van der Waals surface area contributed by atoms with Crippen molar-refractivity contribution < 1.29 is 4.79 Å². The number of anilines is 1. The Hall–Kier alpha value is -1.76. The molecule has 0 bridgehead atoms. The van der Waals surface area contributed by atoms with E-state index in [9.17, 15) is 9.59 Å². The highest BCUT2D eigenvalue weighted by Crippen LogP contribution is 2.28. The van der Waals surface area contributed by atoms with Gasteiger partial charge in [-0.2, -0.15) is 9.78 Å². The van der Waals surface area contributed by atoms with Gasteiger partial charge < -0.3 is 10.6 Å². The molecule has 1 aromatic heterocycles. The molecule has 0 unspecified atom stereocenters. The molecule has 1 fully saturated rings. The maximum atomic E-state index is 12.4. The number of hydrogen-bond donors (Lipinski definition) is 2. The van der Waals surface area contributed by atoms with Crippen molar-refractivity contribution >= 4 is 46.4 Å². The second-order valence-corrected chi connectivity index (χ2v) is 6.90. The van der Waals surface area contributed by atoms with Gasteiger partial charge in [0.25, 0.3) is 5.56 Å². The van der Waals surface area contributed by atoms with Crippen molar-refractivity contribution in [3.63, 3.8) is 0 Å². The Kier molecular flexibility index (Phi) is 5.51. The van der Waals surface area contributed by atoms with Gasteiger partial charge in [-0.05, 0) is 31.0 Å². The minimum atomic E-state index is -0.502. The molecule has 2 aromatic rings. The molecule has 0 spiro atoms. The molecular weight excluding hydrogens is 387 g/mol. The maximum absolute atomic E-state index is 12.4. The standard InChI is InChI=1S/C16H15Cl3N4O2/c17-10-3-4-13(11(18)7-10)23-16(25)14(19)12(8-22-23)20-5-6-21-15(24)9-1-2-9/h3-4,7-9,20H,1-2,5-6H2,(H,21,24). The normalized spacial score (nSPS) is 13.6. The lowest BCUT2D eigenvalue weighted by Crippen LogP contribution is -2.30. The van der Waals surface area contributed by atoms with Crippen molar-refractivity contribution in [1.82, 2.24) is 15.1 Å². The van der Waals surface area contributed by atoms with Crippen LogP contribution in [0.2, 0.25) is 15.1 Å². The van der Waals surface area contributed by atoms with Gasteiger partial charge in [-0.25, -0.2) is 0 Å². The van der Waals surface area contributed by atoms with Crippen molar-refractivity contribution in [1.29, 1.82) is 0 Å². The predicted molar refractivity (Wildman–Crippen MR) is 99.1 cm³/mol. The van der Waals surface area contributed by atoms with Crippen molar-refractivity contribution in [3.05, 3.63) is 49.8 Å². The van der Waals surface area contributed by atoms with E-state index in [4.69, 9.17) is 34.8 Å². The average molecular weight is 402 g/mol. The van der Waals surface area contributed by atoms with Crippen molar-refractivity contribution in [2.24, 2.45) is 5.92 Å². The second kappa shape index (κ2) is 7.64. The molecular formula is C16H15Cl3N4O2. The molecule has 3 rings (SSSR count). The Morgan fingerprint density at radius 1 is 1.24 bits per heavy atom. The van der Waals surface area contributed by atoms with Gasteiger partial charge in [-0.1, -0.05) is 34.8 Å². The second-order valence-electron chi connectivity index (χ2n) is 5.68. The first-order valence-electron chi connectivity index (χ1n) is 7.72. The van der Waals surface area contributed by atoms with Gasteiger partial charge >= 0.3 is 0 Å². The molecule has 0 aliphatic heterocycles. The zero-order valence-corrected chi connectivity index (χ0v) is 15.3. The molecule has 132 valence electrons. The van der Waals surface area contributed by atoms with Crippen molar-refractivity contribution in [2.45, 2.75) is 12.8 Å². The number of amides is 1. The fourth-order valence-electron chi connectivity index (χ4n) is 2.25. The highest BCUT2D eigenvalue weighted by atomic mass is 35.5. The van der Waals surface area contributed by atoms with Crippen LogP contribution in [0.25, 0.3) is 5.69 Å². The molecule has 1 aliphatic rings. The summed E-state index contributed by atoms with van der Waals surface area (Å²) in [6.45, 7) is 0.878. The minimum Gasteiger partial charge on any atom is -0.381 e. The van der Waals surface area contributed by atoms with Crippen LogP contribution in [0.15, 0.2) is 29.2 Å². The van der Waals surface area contributed by atoms with Crippen LogP contribution in [-0.4, -0.2) is 28.8 Å². The summed E-state index contributed by atoms with van der Waals surface area (Å²) < 4.78 is 1.11. The van der Waals surface area contributed by atoms with Gasteiger partial charge in [0.2, 0.25) is 5.91 Å². The molecule has 1 heterocycles. The average Bonchev–Trinajstić information content (AvgIpc) is 3.41. The number of carbonyl (C=O) groups excluding carboxylic acids is 1. The number of nitrogens with zero attached hydrogens (tertiary/aromatic N) is 2. The molecule has 0 saturated heterocycles. The minimum absolute atomic E-state index is 0.00506. The monoisotopic (exact) mass is 400 g/mol. The van der Waals surface area contributed by atoms with Gasteiger partial charge in [0.1, 0.15) is 5.02 Å². The van der Waals surface area contributed by atoms with E-state index in [1.165, 1.54) is 12.3 Å². The largest absolute Gasteiger partial charge is 0.381 e. The van der Waals surface area contributed by atoms with Crippen LogP contribution in [0.4, 0.5) is 5.69 Å². The molecule has 1 saturated carbocycles. The summed E-state index contributed by atoms with van der Waals surface area (Å²) in [5.74, 6) is 0.233. The highest BCUT2D eigenvalue weighted by Gasteiger charge is 2.28. The number of rotatable bonds is 6. The Labute approximate surface area is 159 Å². The van der Waals surface area contributed by atoms with Gasteiger partial charge in [0, 0.05) is 24.0 Å². The number of aromatic nitrogens is 2. The van der Waals surface area contributed by atoms with E-state index in [1.54, 1.807) is 12.1 Å². The Balaban J connectivity index is 1.69. The summed E-state index contributed by atoms with van der Waals surface area (Å²) in [6, 6.07) is 4.73. The van der Waals surface area contributed by atoms with Crippen LogP contribution in [-0.2, 0) is 4.79 Å². The molecule has 1 aliphatic carbocycles. The molecule has 9 heteroatoms. The lowest BCUT2D eigenvalue weighted by molar-refractivity contribution is -0.122. The quantitative estimate of drug-likeness (QED) is 0.729. The lowest BCUT2D eigenvalue weighted by atomic mass is 10.3. The van der Waals surface area contributed by atoms with Crippen LogP contribution in [0.1, 0.15) is 12.8 Å². The molecule has 1 amide bonds. The summed E-state index contributed by atoms with van der Waals surface area (Å²) in [5.41, 5.74) is 0.285. The summed E-state index contributed by atoms with van der Waals surface area (Å²) in [5, 5.41) is 10.7. The third-order valence-electron chi connectivity index (χ3n) is 3.74. The van der Waals surface area contributed by atoms with E-state index < -0.39 is 5.56 Å². The third kappa shape index (κ3) is 4.26. The maximum Gasteiger partial charge on any atom is 0.292 e. The first-order valence-corrected chi connectivity index (χ1v) is 8.85. The first-order chi connectivity index (χ1) is 12.0. The van der Waals surface area contributed by atoms with E-state index in [0.29, 0.717) is 34.5 Å². The molecule has 2 N–H and O–H groups in total. The number of hydrogen-bond acceptors (Lipinski definition) is 4. The molecule has 0 atom stereocenters. The van der Waals surface area contributed by atoms with Crippen molar-refractivity contribution in [3.8, 4) is 5.69 Å². The van der Waals surface area contributed by atoms with E-state index in [2.05, 4.69) is 15.7 Å². The van der Waals surface area contributed by atoms with Crippen LogP contribution < -0.4 is 16.2 Å². The topological polar surface area (TPSA) is 76.0 Å². The third-order valence-corrected chi connectivity index (χ3v) is 4.65. The number of carbonyl (C=O) groups is 1. The van der Waals surface area contributed by atoms with E-state index in [1.807, 2.05) is 0 Å². The van der Waals surface area contributed by atoms with Crippen LogP contribution >= 0.6 is 34.8 Å². The highest BCUT2D eigenvalue weighted by molar-refractivity contribution is 6.36. The van der Waals surface area contributed by atoms with Crippen LogP contribution in [0, 0.1) is 5.92 Å². The van der Waals surface area contributed by atoms with Crippen molar-refractivity contribution in [2.75, 3.05) is 18.4 Å². The number of halogens is 3. The Morgan fingerprint density at radius 3 is 2.68 bits per heavy atom. The Bertz CT molecular complexity index is 865. The van der Waals surface area contributed by atoms with E-state index >= 15 is 0 Å². The van der Waals surface area contributed by atoms with Crippen LogP contribution in [0.3, 0.4) is 0 Å². The van der Waals surface area contributed by atoms with Gasteiger partial charge in [0.15, 0.2) is 0 Å². The summed E-state index contributed by atoms with van der Waals surface area (Å²) >= 11 is 18.1. The van der Waals surface area contributed by atoms with E-state index in [-0.39, 0.29) is 16.8 Å². The van der Waals surface area contributed by atoms with E-state index in [0.717, 1.165) is 17.5 Å². The summed E-state index contributed by atoms with van der Waals surface area (Å²) in [6.07, 6.45) is 3.36. The summed E-state index contributed by atoms with van der Waals surface area (Å²) in [4.78, 5) is 24.0. The molecule has 1 aromatic carbocycles. The first kappa shape index (κ1) is 18.0. The number of nitrogens with one attached hydrogen (secondary N) is 2. The van der Waals surface area contributed by atoms with Gasteiger partial charge in [-0.3, -0.25) is 9.59 Å². The fraction of sp³-hybridized carbons (Fsp3) is 0.312. The molecule has 25 heavy (non-hydrogen) atoms.